The zero-order valence-corrected chi connectivity index (χ0v) is 15.7. The second kappa shape index (κ2) is 7.81. The van der Waals surface area contributed by atoms with Crippen molar-refractivity contribution in [2.24, 2.45) is 0 Å². The summed E-state index contributed by atoms with van der Waals surface area (Å²) in [4.78, 5) is 0. The molecule has 0 aliphatic heterocycles. The molecule has 0 aromatic heterocycles. The molecule has 0 amide bonds. The van der Waals surface area contributed by atoms with E-state index < -0.39 is 21.5 Å². The Labute approximate surface area is 133 Å². The van der Waals surface area contributed by atoms with Gasteiger partial charge in [-0.25, -0.2) is 0 Å². The Hall–Kier alpha value is -0.297. The van der Waals surface area contributed by atoms with Gasteiger partial charge in [-0.1, -0.05) is 0 Å². The van der Waals surface area contributed by atoms with Crippen LogP contribution in [0.15, 0.2) is 42.0 Å². The maximum atomic E-state index is 15.2. The predicted molar refractivity (Wildman–Crippen MR) is 82.8 cm³/mol. The van der Waals surface area contributed by atoms with Crippen LogP contribution in [0, 0.1) is 0 Å². The summed E-state index contributed by atoms with van der Waals surface area (Å²) in [6, 6.07) is 0. The molecule has 0 bridgehead atoms. The van der Waals surface area contributed by atoms with Gasteiger partial charge in [0.25, 0.3) is 0 Å². The first kappa shape index (κ1) is 17.1. The first-order chi connectivity index (χ1) is 10.1. The molecule has 0 radical (unpaired) electrons. The molecule has 0 unspecified atom stereocenters. The number of unbranched alkanes of at least 4 members (excludes halogenated alkanes) is 2. The summed E-state index contributed by atoms with van der Waals surface area (Å²) in [5.74, 6) is 0. The van der Waals surface area contributed by atoms with E-state index in [1.54, 1.807) is 0 Å². The van der Waals surface area contributed by atoms with Gasteiger partial charge >= 0.3 is 134 Å². The van der Waals surface area contributed by atoms with Crippen molar-refractivity contribution in [3.05, 3.63) is 42.0 Å². The Morgan fingerprint density at radius 2 is 1.29 bits per heavy atom. The first-order valence-corrected chi connectivity index (χ1v) is 12.6. The van der Waals surface area contributed by atoms with Crippen molar-refractivity contribution in [1.82, 2.24) is 0 Å². The standard InChI is InChI=1S/2C9H13.2FH.Zr/c2*1-2-3-6-9-7-4-5-8-9;;;/h2*4,7H,2-3,5-6H2,1H3;2*1H;/q;;;;+2/p-2. The van der Waals surface area contributed by atoms with E-state index in [1.807, 2.05) is 24.3 Å². The van der Waals surface area contributed by atoms with Gasteiger partial charge in [0.2, 0.25) is 0 Å². The average Bonchev–Trinajstić information content (AvgIpc) is 3.11. The number of halogens is 2. The monoisotopic (exact) mass is 370 g/mol. The topological polar surface area (TPSA) is 0 Å². The van der Waals surface area contributed by atoms with Gasteiger partial charge in [0.1, 0.15) is 0 Å². The van der Waals surface area contributed by atoms with Crippen LogP contribution in [0.25, 0.3) is 0 Å². The fraction of sp³-hybridized carbons (Fsp3) is 0.556. The summed E-state index contributed by atoms with van der Waals surface area (Å²) in [6.45, 7) is 4.24. The van der Waals surface area contributed by atoms with Crippen LogP contribution in [-0.2, 0) is 21.5 Å². The van der Waals surface area contributed by atoms with Crippen LogP contribution in [0.3, 0.4) is 0 Å². The van der Waals surface area contributed by atoms with Crippen LogP contribution in [0.2, 0.25) is 0 Å². The summed E-state index contributed by atoms with van der Waals surface area (Å²) >= 11 is -5.28. The Morgan fingerprint density at radius 3 is 1.67 bits per heavy atom. The molecule has 0 atom stereocenters. The molecule has 0 aromatic rings. The van der Waals surface area contributed by atoms with Gasteiger partial charge in [-0.15, -0.1) is 0 Å². The van der Waals surface area contributed by atoms with Crippen LogP contribution in [-0.4, -0.2) is 0 Å². The summed E-state index contributed by atoms with van der Waals surface area (Å²) in [5, 5.41) is 0. The molecular weight excluding hydrogens is 345 g/mol. The first-order valence-electron chi connectivity index (χ1n) is 8.27. The van der Waals surface area contributed by atoms with Crippen LogP contribution in [0.1, 0.15) is 65.2 Å². The molecule has 2 aliphatic rings. The van der Waals surface area contributed by atoms with E-state index in [1.165, 1.54) is 0 Å². The molecule has 2 aliphatic carbocycles. The summed E-state index contributed by atoms with van der Waals surface area (Å²) in [7, 11) is 0. The van der Waals surface area contributed by atoms with Gasteiger partial charge in [-0.3, -0.25) is 0 Å². The minimum absolute atomic E-state index is 0.507. The third kappa shape index (κ3) is 3.92. The molecule has 0 saturated carbocycles. The van der Waals surface area contributed by atoms with Crippen LogP contribution < -0.4 is 0 Å². The average molecular weight is 372 g/mol. The van der Waals surface area contributed by atoms with Crippen LogP contribution in [0.4, 0.5) is 5.25 Å². The van der Waals surface area contributed by atoms with Gasteiger partial charge in [0.15, 0.2) is 0 Å². The van der Waals surface area contributed by atoms with E-state index in [0.717, 1.165) is 49.7 Å². The Morgan fingerprint density at radius 1 is 0.857 bits per heavy atom. The predicted octanol–water partition coefficient (Wildman–Crippen LogP) is 6.72. The number of hydrogen-bond donors (Lipinski definition) is 0. The van der Waals surface area contributed by atoms with Gasteiger partial charge in [0, 0.05) is 0 Å². The second-order valence-electron chi connectivity index (χ2n) is 6.00. The van der Waals surface area contributed by atoms with Crippen molar-refractivity contribution in [3.63, 3.8) is 0 Å². The molecule has 0 N–H and O–H groups in total. The second-order valence-corrected chi connectivity index (χ2v) is 11.8. The molecular formula is C18H26F2Zr. The molecule has 0 saturated heterocycles. The van der Waals surface area contributed by atoms with E-state index in [0.29, 0.717) is 19.4 Å². The van der Waals surface area contributed by atoms with E-state index in [2.05, 4.69) is 13.8 Å². The minimum atomic E-state index is -5.28. The van der Waals surface area contributed by atoms with E-state index in [-0.39, 0.29) is 0 Å². The van der Waals surface area contributed by atoms with Gasteiger partial charge in [-0.2, -0.15) is 0 Å². The number of allylic oxidation sites excluding steroid dienone is 8. The number of rotatable bonds is 8. The van der Waals surface area contributed by atoms with E-state index in [9.17, 15) is 0 Å². The van der Waals surface area contributed by atoms with Crippen molar-refractivity contribution in [1.29, 1.82) is 0 Å². The molecule has 116 valence electrons. The normalized spacial score (nSPS) is 18.5. The molecule has 0 fully saturated rings. The molecule has 0 heterocycles. The fourth-order valence-corrected chi connectivity index (χ4v) is 8.89. The maximum absolute atomic E-state index is 15.2. The fourth-order valence-electron chi connectivity index (χ4n) is 3.15. The van der Waals surface area contributed by atoms with Gasteiger partial charge < -0.3 is 0 Å². The number of hydrogen-bond acceptors (Lipinski definition) is 0. The summed E-state index contributed by atoms with van der Waals surface area (Å²) in [6.07, 6.45) is 14.7. The summed E-state index contributed by atoms with van der Waals surface area (Å²) < 4.78 is 31.5. The molecule has 21 heavy (non-hydrogen) atoms. The van der Waals surface area contributed by atoms with E-state index in [4.69, 9.17) is 0 Å². The van der Waals surface area contributed by atoms with Crippen LogP contribution in [0.5, 0.6) is 0 Å². The Bertz CT molecular complexity index is 451. The molecule has 2 rings (SSSR count). The molecule has 0 spiro atoms. The van der Waals surface area contributed by atoms with Crippen molar-refractivity contribution in [3.8, 4) is 0 Å². The van der Waals surface area contributed by atoms with Crippen LogP contribution >= 0.6 is 0 Å². The summed E-state index contributed by atoms with van der Waals surface area (Å²) in [5.41, 5.74) is 1.93. The van der Waals surface area contributed by atoms with Crippen molar-refractivity contribution >= 4 is 0 Å². The molecule has 0 aromatic carbocycles. The van der Waals surface area contributed by atoms with Crippen molar-refractivity contribution < 1.29 is 26.7 Å². The Balaban J connectivity index is 2.24. The molecule has 3 heteroatoms. The van der Waals surface area contributed by atoms with Gasteiger partial charge in [0.05, 0.1) is 0 Å². The quantitative estimate of drug-likeness (QED) is 0.444. The van der Waals surface area contributed by atoms with E-state index >= 15 is 5.25 Å². The SMILES string of the molecule is CCCCC1=[C]([Zr]([F])([F])[C]2=C(CCCC)C=CC2)CC=C1. The zero-order valence-electron chi connectivity index (χ0n) is 13.2. The Kier molecular flexibility index (Phi) is 6.35. The zero-order chi connectivity index (χ0) is 15.3. The van der Waals surface area contributed by atoms with Crippen molar-refractivity contribution in [2.45, 2.75) is 65.2 Å². The third-order valence-corrected chi connectivity index (χ3v) is 10.7. The third-order valence-electron chi connectivity index (χ3n) is 4.41. The van der Waals surface area contributed by atoms with Gasteiger partial charge in [-0.05, 0) is 0 Å². The molecule has 0 nitrogen and oxygen atoms in total. The van der Waals surface area contributed by atoms with Crippen molar-refractivity contribution in [2.75, 3.05) is 0 Å².